The number of carbonyl (C=O) groups is 3. The van der Waals surface area contributed by atoms with Crippen molar-refractivity contribution in [1.82, 2.24) is 60.8 Å². The van der Waals surface area contributed by atoms with Gasteiger partial charge in [-0.3, -0.25) is 14.4 Å². The fourth-order valence-corrected chi connectivity index (χ4v) is 16.7. The molecule has 12 heterocycles. The van der Waals surface area contributed by atoms with Crippen molar-refractivity contribution in [3.8, 4) is 68.3 Å². The normalized spacial score (nSPS) is 19.6. The summed E-state index contributed by atoms with van der Waals surface area (Å²) in [5.41, 5.74) is 4.78. The molecule has 0 radical (unpaired) electrons. The molecule has 6 aromatic heterocycles. The summed E-state index contributed by atoms with van der Waals surface area (Å²) in [7, 11) is 9.14. The van der Waals surface area contributed by atoms with Gasteiger partial charge in [-0.25, -0.2) is 44.9 Å². The molecular formula is C84H96Cl6N18O15. The average molecular weight is 1810 g/mol. The number of nitrogens with zero attached hydrogens (tertiary/aromatic N) is 9. The second-order valence-corrected chi connectivity index (χ2v) is 31.7. The Hall–Kier alpha value is -10.1. The predicted molar refractivity (Wildman–Crippen MR) is 475 cm³/mol. The van der Waals surface area contributed by atoms with Gasteiger partial charge in [-0.05, 0) is 80.9 Å². The number of hydrogen-bond acceptors (Lipinski definition) is 30. The standard InChI is InChI=1S/C29H34Cl2N6O5.C28H32Cl2N6O5.C27H30Cl2N6O5/c1-4-23(38)34-18-7-10-42-15-20(18)36-29-33-14-17-11-19(24-25(30)21(39-2)12-22(40-3)26(24)31)35-28(27(17)37-29)32-13-16-5-8-41-9-6-16;1-4-22(37)33-17-6-8-41-14-19(17)35-28-32-12-16-9-18(23-24(29)20(38-2)10-21(39-3)25(23)30)34-27(26(16)36-28)31-11-15-5-7-40-13-15;1-4-21(36)32-16-5-6-39-13-18(16)34-27-31-10-15-7-17(22-23(28)19(37-2)8-20(38-3)24(22)29)33-26(25(15)35-27)30-9-14-11-40-12-14/h4,11-12,14,16,18,20H,1,5-10,13,15H2,2-3H3,(H,32,35)(H,34,38)(H,33,36,37);4,9-10,12,15,17,19H,1,5-8,11,13-14H2,2-3H3,(H,31,34)(H,33,37)(H,32,35,36);4,7-8,10,14,16,18H,1,5-6,9,11-13H2,2-3H3,(H,30,33)(H,32,36)(H,31,34,35)/t18-,20+;15?,17-,19+;16-,18+/m000/s1. The first-order chi connectivity index (χ1) is 59.7. The van der Waals surface area contributed by atoms with Crippen molar-refractivity contribution in [1.29, 1.82) is 0 Å². The SMILES string of the molecule is C=CC(=O)N[C@H]1CCOC[C@H]1Nc1ncc2cc(-c3c(Cl)c(OC)cc(OC)c3Cl)nc(NCC3CCOC3)c2n1.C=CC(=O)N[C@H]1CCOC[C@H]1Nc1ncc2cc(-c3c(Cl)c(OC)cc(OC)c3Cl)nc(NCC3CCOCC3)c2n1.C=CC(=O)N[C@H]1CCOC[C@H]1Nc1ncc2cc(-c3c(Cl)c(OC)cc(OC)c3Cl)nc(NCC3COC3)c2n1. The molecule has 3 amide bonds. The summed E-state index contributed by atoms with van der Waals surface area (Å²) in [6, 6.07) is 9.20. The lowest BCUT2D eigenvalue weighted by Crippen LogP contribution is -2.52. The van der Waals surface area contributed by atoms with Gasteiger partial charge in [0.1, 0.15) is 51.0 Å². The first kappa shape index (κ1) is 90.6. The van der Waals surface area contributed by atoms with E-state index in [0.717, 1.165) is 49.9 Å². The zero-order valence-corrected chi connectivity index (χ0v) is 73.0. The molecule has 39 heteroatoms. The average Bonchev–Trinajstić information content (AvgIpc) is 0.816. The number of hydrogen-bond donors (Lipinski definition) is 9. The Bertz CT molecular complexity index is 5240. The van der Waals surface area contributed by atoms with Gasteiger partial charge in [0.25, 0.3) is 0 Å². The fourth-order valence-electron chi connectivity index (χ4n) is 14.6. The molecule has 6 aliphatic heterocycles. The number of fused-ring (bicyclic) bond motifs is 3. The van der Waals surface area contributed by atoms with Gasteiger partial charge in [-0.1, -0.05) is 89.3 Å². The van der Waals surface area contributed by atoms with Crippen LogP contribution in [0.4, 0.5) is 35.3 Å². The van der Waals surface area contributed by atoms with E-state index in [0.29, 0.717) is 272 Å². The molecule has 0 saturated carbocycles. The third kappa shape index (κ3) is 22.0. The highest BCUT2D eigenvalue weighted by Gasteiger charge is 2.34. The number of carbonyl (C=O) groups excluding carboxylic acids is 3. The molecule has 0 bridgehead atoms. The number of aromatic nitrogens is 9. The monoisotopic (exact) mass is 1810 g/mol. The second kappa shape index (κ2) is 43.0. The lowest BCUT2D eigenvalue weighted by atomic mass is 10.0. The summed E-state index contributed by atoms with van der Waals surface area (Å²) in [6.45, 7) is 19.7. The van der Waals surface area contributed by atoms with E-state index >= 15 is 0 Å². The van der Waals surface area contributed by atoms with E-state index < -0.39 is 0 Å². The van der Waals surface area contributed by atoms with Gasteiger partial charge in [0.2, 0.25) is 35.6 Å². The number of amides is 3. The van der Waals surface area contributed by atoms with Crippen LogP contribution in [0.3, 0.4) is 0 Å². The summed E-state index contributed by atoms with van der Waals surface area (Å²) in [6.07, 6.45) is 13.7. The molecule has 0 aliphatic carbocycles. The van der Waals surface area contributed by atoms with Gasteiger partial charge in [0, 0.05) is 141 Å². The van der Waals surface area contributed by atoms with Crippen molar-refractivity contribution >= 4 is 155 Å². The number of nitrogens with one attached hydrogen (secondary N) is 9. The van der Waals surface area contributed by atoms with E-state index in [-0.39, 0.29) is 54.0 Å². The maximum atomic E-state index is 12.0. The zero-order chi connectivity index (χ0) is 86.8. The first-order valence-corrected chi connectivity index (χ1v) is 42.1. The van der Waals surface area contributed by atoms with Gasteiger partial charge in [-0.15, -0.1) is 0 Å². The summed E-state index contributed by atoms with van der Waals surface area (Å²) >= 11 is 40.3. The molecule has 15 rings (SSSR count). The van der Waals surface area contributed by atoms with Crippen LogP contribution < -0.4 is 76.3 Å². The molecule has 0 spiro atoms. The Kier molecular flexibility index (Phi) is 31.6. The van der Waals surface area contributed by atoms with Crippen LogP contribution in [0.25, 0.3) is 66.5 Å². The van der Waals surface area contributed by atoms with E-state index in [1.807, 2.05) is 18.2 Å². The topological polar surface area (TPSA) is 386 Å². The summed E-state index contributed by atoms with van der Waals surface area (Å²) in [5.74, 6) is 5.64. The predicted octanol–water partition coefficient (Wildman–Crippen LogP) is 13.0. The van der Waals surface area contributed by atoms with Crippen molar-refractivity contribution in [2.24, 2.45) is 17.8 Å². The van der Waals surface area contributed by atoms with Crippen molar-refractivity contribution < 1.29 is 71.2 Å². The first-order valence-electron chi connectivity index (χ1n) is 39.9. The molecule has 6 saturated heterocycles. The van der Waals surface area contributed by atoms with Crippen molar-refractivity contribution in [3.63, 3.8) is 0 Å². The minimum Gasteiger partial charge on any atom is -0.495 e. The van der Waals surface area contributed by atoms with E-state index in [9.17, 15) is 14.4 Å². The van der Waals surface area contributed by atoms with Crippen molar-refractivity contribution in [2.75, 3.05) is 173 Å². The second-order valence-electron chi connectivity index (χ2n) is 29.4. The third-order valence-corrected chi connectivity index (χ3v) is 23.7. The van der Waals surface area contributed by atoms with Crippen molar-refractivity contribution in [2.45, 2.75) is 74.8 Å². The van der Waals surface area contributed by atoms with Crippen LogP contribution in [-0.2, 0) is 42.8 Å². The summed E-state index contributed by atoms with van der Waals surface area (Å²) in [5, 5.41) is 33.3. The van der Waals surface area contributed by atoms with E-state index in [1.165, 1.54) is 60.9 Å². The van der Waals surface area contributed by atoms with Crippen LogP contribution in [-0.4, -0.2) is 240 Å². The largest absolute Gasteiger partial charge is 0.495 e. The Labute approximate surface area is 740 Å². The quantitative estimate of drug-likeness (QED) is 0.0189. The molecule has 33 nitrogen and oxygen atoms in total. The van der Waals surface area contributed by atoms with Gasteiger partial charge in [0.15, 0.2) is 17.5 Å². The molecule has 3 aromatic carbocycles. The minimum atomic E-state index is -0.243. The Balaban J connectivity index is 0.000000159. The van der Waals surface area contributed by atoms with Gasteiger partial charge in [-0.2, -0.15) is 0 Å². The molecule has 7 atom stereocenters. The fraction of sp³-hybridized carbons (Fsp3) is 0.429. The molecule has 6 fully saturated rings. The van der Waals surface area contributed by atoms with Crippen LogP contribution in [0.1, 0.15) is 38.5 Å². The number of benzene rings is 3. The van der Waals surface area contributed by atoms with Crippen LogP contribution in [0.15, 0.2) is 93.0 Å². The van der Waals surface area contributed by atoms with Gasteiger partial charge >= 0.3 is 0 Å². The number of methoxy groups -OCH3 is 6. The number of halogens is 6. The summed E-state index contributed by atoms with van der Waals surface area (Å²) in [4.78, 5) is 78.8. The van der Waals surface area contributed by atoms with Crippen LogP contribution in [0.5, 0.6) is 34.5 Å². The Morgan fingerprint density at radius 1 is 0.358 bits per heavy atom. The Morgan fingerprint density at radius 3 is 0.919 bits per heavy atom. The van der Waals surface area contributed by atoms with Gasteiger partial charge < -0.3 is 105 Å². The number of rotatable bonds is 30. The van der Waals surface area contributed by atoms with Crippen LogP contribution in [0, 0.1) is 17.8 Å². The molecular weight excluding hydrogens is 1710 g/mol. The van der Waals surface area contributed by atoms with Crippen LogP contribution in [0.2, 0.25) is 30.1 Å². The molecule has 1 unspecified atom stereocenters. The molecule has 654 valence electrons. The Morgan fingerprint density at radius 2 is 0.634 bits per heavy atom. The van der Waals surface area contributed by atoms with Gasteiger partial charge in [0.05, 0.1) is 166 Å². The highest BCUT2D eigenvalue weighted by atomic mass is 35.5. The maximum Gasteiger partial charge on any atom is 0.243 e. The maximum absolute atomic E-state index is 12.0. The minimum absolute atomic E-state index is 0.164. The summed E-state index contributed by atoms with van der Waals surface area (Å²) < 4.78 is 66.1. The highest BCUT2D eigenvalue weighted by Crippen LogP contribution is 2.50. The zero-order valence-electron chi connectivity index (χ0n) is 68.5. The number of anilines is 6. The number of pyridine rings is 3. The molecule has 9 aromatic rings. The van der Waals surface area contributed by atoms with Crippen LogP contribution >= 0.6 is 69.6 Å². The lowest BCUT2D eigenvalue weighted by molar-refractivity contribution is -0.118. The smallest absolute Gasteiger partial charge is 0.243 e. The van der Waals surface area contributed by atoms with E-state index in [1.54, 1.807) is 36.8 Å². The lowest BCUT2D eigenvalue weighted by Gasteiger charge is -2.32. The third-order valence-electron chi connectivity index (χ3n) is 21.5. The number of ether oxygens (including phenoxy) is 12. The van der Waals surface area contributed by atoms with E-state index in [4.69, 9.17) is 156 Å². The molecule has 9 N–H and O–H groups in total. The molecule has 6 aliphatic rings. The van der Waals surface area contributed by atoms with E-state index in [2.05, 4.69) is 82.5 Å². The highest BCUT2D eigenvalue weighted by molar-refractivity contribution is 6.42. The molecule has 123 heavy (non-hydrogen) atoms. The van der Waals surface area contributed by atoms with Crippen molar-refractivity contribution in [3.05, 3.63) is 123 Å².